The minimum atomic E-state index is 0.291. The number of rotatable bonds is 3. The molecule has 0 aliphatic heterocycles. The zero-order valence-electron chi connectivity index (χ0n) is 11.6. The van der Waals surface area contributed by atoms with Crippen LogP contribution >= 0.6 is 0 Å². The maximum Gasteiger partial charge on any atom is 0.120 e. The van der Waals surface area contributed by atoms with E-state index in [0.29, 0.717) is 23.7 Å². The van der Waals surface area contributed by atoms with Crippen LogP contribution in [-0.4, -0.2) is 11.2 Å². The van der Waals surface area contributed by atoms with Crippen molar-refractivity contribution in [2.75, 3.05) is 0 Å². The summed E-state index contributed by atoms with van der Waals surface area (Å²) in [5.41, 5.74) is 0. The second-order valence-electron chi connectivity index (χ2n) is 5.98. The predicted molar refractivity (Wildman–Crippen MR) is 73.9 cm³/mol. The van der Waals surface area contributed by atoms with Crippen LogP contribution in [0.15, 0.2) is 24.3 Å². The molecule has 100 valence electrons. The van der Waals surface area contributed by atoms with Gasteiger partial charge in [-0.2, -0.15) is 0 Å². The third-order valence-corrected chi connectivity index (χ3v) is 4.09. The molecule has 1 aromatic carbocycles. The smallest absolute Gasteiger partial charge is 0.120 e. The third-order valence-electron chi connectivity index (χ3n) is 4.09. The monoisotopic (exact) mass is 248 g/mol. The van der Waals surface area contributed by atoms with E-state index < -0.39 is 0 Å². The number of phenols is 1. The molecule has 18 heavy (non-hydrogen) atoms. The molecule has 0 amide bonds. The number of benzene rings is 1. The Kier molecular flexibility index (Phi) is 4.15. The van der Waals surface area contributed by atoms with Crippen LogP contribution in [0.5, 0.6) is 11.5 Å². The van der Waals surface area contributed by atoms with Gasteiger partial charge in [0.15, 0.2) is 0 Å². The number of ether oxygens (including phenoxy) is 1. The van der Waals surface area contributed by atoms with Gasteiger partial charge in [-0.05, 0) is 54.9 Å². The van der Waals surface area contributed by atoms with Crippen molar-refractivity contribution in [1.29, 1.82) is 0 Å². The van der Waals surface area contributed by atoms with Crippen LogP contribution in [-0.2, 0) is 0 Å². The van der Waals surface area contributed by atoms with Crippen LogP contribution < -0.4 is 4.74 Å². The Hall–Kier alpha value is -1.18. The first-order chi connectivity index (χ1) is 8.56. The van der Waals surface area contributed by atoms with E-state index in [4.69, 9.17) is 4.74 Å². The maximum absolute atomic E-state index is 9.29. The average molecular weight is 248 g/mol. The van der Waals surface area contributed by atoms with E-state index in [1.54, 1.807) is 12.1 Å². The minimum absolute atomic E-state index is 0.291. The van der Waals surface area contributed by atoms with Crippen molar-refractivity contribution in [3.05, 3.63) is 24.3 Å². The SMILES string of the molecule is CC1CCC(C(C)C)C(Oc2ccc(O)cc2)C1. The van der Waals surface area contributed by atoms with Gasteiger partial charge >= 0.3 is 0 Å². The normalized spacial score (nSPS) is 28.3. The molecule has 1 saturated carbocycles. The Balaban J connectivity index is 2.06. The van der Waals surface area contributed by atoms with Gasteiger partial charge in [-0.15, -0.1) is 0 Å². The molecule has 2 rings (SSSR count). The highest BCUT2D eigenvalue weighted by atomic mass is 16.5. The lowest BCUT2D eigenvalue weighted by Crippen LogP contribution is -2.36. The predicted octanol–water partition coefficient (Wildman–Crippen LogP) is 4.23. The first-order valence-electron chi connectivity index (χ1n) is 7.02. The fraction of sp³-hybridized carbons (Fsp3) is 0.625. The van der Waals surface area contributed by atoms with Gasteiger partial charge in [-0.3, -0.25) is 0 Å². The van der Waals surface area contributed by atoms with E-state index in [9.17, 15) is 5.11 Å². The van der Waals surface area contributed by atoms with E-state index >= 15 is 0 Å². The summed E-state index contributed by atoms with van der Waals surface area (Å²) in [6, 6.07) is 7.08. The van der Waals surface area contributed by atoms with E-state index in [0.717, 1.165) is 18.1 Å². The van der Waals surface area contributed by atoms with Crippen LogP contribution in [0.4, 0.5) is 0 Å². The van der Waals surface area contributed by atoms with E-state index in [1.807, 2.05) is 12.1 Å². The summed E-state index contributed by atoms with van der Waals surface area (Å²) in [5.74, 6) is 3.23. The van der Waals surface area contributed by atoms with Gasteiger partial charge in [0.25, 0.3) is 0 Å². The zero-order valence-corrected chi connectivity index (χ0v) is 11.6. The zero-order chi connectivity index (χ0) is 13.1. The summed E-state index contributed by atoms with van der Waals surface area (Å²) in [5, 5.41) is 9.29. The molecule has 1 aliphatic carbocycles. The van der Waals surface area contributed by atoms with Crippen LogP contribution in [0, 0.1) is 17.8 Å². The second-order valence-corrected chi connectivity index (χ2v) is 5.98. The van der Waals surface area contributed by atoms with Crippen LogP contribution in [0.1, 0.15) is 40.0 Å². The van der Waals surface area contributed by atoms with Crippen molar-refractivity contribution in [3.63, 3.8) is 0 Å². The van der Waals surface area contributed by atoms with Crippen LogP contribution in [0.2, 0.25) is 0 Å². The van der Waals surface area contributed by atoms with Gasteiger partial charge < -0.3 is 9.84 Å². The number of hydrogen-bond acceptors (Lipinski definition) is 2. The maximum atomic E-state index is 9.29. The van der Waals surface area contributed by atoms with Crippen LogP contribution in [0.25, 0.3) is 0 Å². The first kappa shape index (κ1) is 13.3. The van der Waals surface area contributed by atoms with Gasteiger partial charge in [-0.1, -0.05) is 27.2 Å². The van der Waals surface area contributed by atoms with Crippen molar-refractivity contribution in [1.82, 2.24) is 0 Å². The molecule has 0 radical (unpaired) electrons. The summed E-state index contributed by atoms with van der Waals surface area (Å²) >= 11 is 0. The molecular weight excluding hydrogens is 224 g/mol. The van der Waals surface area contributed by atoms with Gasteiger partial charge in [0.1, 0.15) is 17.6 Å². The quantitative estimate of drug-likeness (QED) is 0.867. The lowest BCUT2D eigenvalue weighted by molar-refractivity contribution is 0.0460. The molecule has 3 atom stereocenters. The third kappa shape index (κ3) is 3.18. The molecular formula is C16H24O2. The summed E-state index contributed by atoms with van der Waals surface area (Å²) in [6.07, 6.45) is 4.04. The summed E-state index contributed by atoms with van der Waals surface area (Å²) in [6.45, 7) is 6.88. The lowest BCUT2D eigenvalue weighted by atomic mass is 9.75. The number of hydrogen-bond donors (Lipinski definition) is 1. The largest absolute Gasteiger partial charge is 0.508 e. The Morgan fingerprint density at radius 3 is 2.44 bits per heavy atom. The summed E-state index contributed by atoms with van der Waals surface area (Å²) in [7, 11) is 0. The fourth-order valence-corrected chi connectivity index (χ4v) is 2.95. The number of phenolic OH excluding ortho intramolecular Hbond substituents is 1. The Labute approximate surface area is 110 Å². The Morgan fingerprint density at radius 1 is 1.17 bits per heavy atom. The minimum Gasteiger partial charge on any atom is -0.508 e. The van der Waals surface area contributed by atoms with Gasteiger partial charge in [0, 0.05) is 0 Å². The van der Waals surface area contributed by atoms with E-state index in [2.05, 4.69) is 20.8 Å². The van der Waals surface area contributed by atoms with Crippen LogP contribution in [0.3, 0.4) is 0 Å². The standard InChI is InChI=1S/C16H24O2/c1-11(2)15-9-4-12(3)10-16(15)18-14-7-5-13(17)6-8-14/h5-8,11-12,15-17H,4,9-10H2,1-3H3. The first-order valence-corrected chi connectivity index (χ1v) is 7.02. The highest BCUT2D eigenvalue weighted by molar-refractivity contribution is 5.30. The van der Waals surface area contributed by atoms with Crippen molar-refractivity contribution < 1.29 is 9.84 Å². The lowest BCUT2D eigenvalue weighted by Gasteiger charge is -2.37. The summed E-state index contributed by atoms with van der Waals surface area (Å²) in [4.78, 5) is 0. The molecule has 2 nitrogen and oxygen atoms in total. The average Bonchev–Trinajstić information content (AvgIpc) is 2.32. The highest BCUT2D eigenvalue weighted by Gasteiger charge is 2.32. The molecule has 0 spiro atoms. The topological polar surface area (TPSA) is 29.5 Å². The molecule has 1 N–H and O–H groups in total. The molecule has 3 unspecified atom stereocenters. The highest BCUT2D eigenvalue weighted by Crippen LogP contribution is 2.36. The Morgan fingerprint density at radius 2 is 1.83 bits per heavy atom. The molecule has 0 aromatic heterocycles. The Bertz CT molecular complexity index is 369. The molecule has 1 aliphatic rings. The van der Waals surface area contributed by atoms with Crippen molar-refractivity contribution in [3.8, 4) is 11.5 Å². The van der Waals surface area contributed by atoms with Crippen molar-refractivity contribution in [2.45, 2.75) is 46.1 Å². The second kappa shape index (κ2) is 5.64. The molecule has 0 bridgehead atoms. The van der Waals surface area contributed by atoms with Crippen molar-refractivity contribution >= 4 is 0 Å². The molecule has 2 heteroatoms. The summed E-state index contributed by atoms with van der Waals surface area (Å²) < 4.78 is 6.14. The molecule has 1 fully saturated rings. The van der Waals surface area contributed by atoms with E-state index in [1.165, 1.54) is 12.8 Å². The van der Waals surface area contributed by atoms with Gasteiger partial charge in [0.2, 0.25) is 0 Å². The van der Waals surface area contributed by atoms with E-state index in [-0.39, 0.29) is 0 Å². The van der Waals surface area contributed by atoms with Gasteiger partial charge in [0.05, 0.1) is 0 Å². The number of aromatic hydroxyl groups is 1. The van der Waals surface area contributed by atoms with Crippen molar-refractivity contribution in [2.24, 2.45) is 17.8 Å². The van der Waals surface area contributed by atoms with Gasteiger partial charge in [-0.25, -0.2) is 0 Å². The fourth-order valence-electron chi connectivity index (χ4n) is 2.95. The molecule has 0 saturated heterocycles. The molecule has 1 aromatic rings. The molecule has 0 heterocycles.